The Morgan fingerprint density at radius 2 is 2.39 bits per heavy atom. The molecule has 1 unspecified atom stereocenters. The first kappa shape index (κ1) is 13.2. The Morgan fingerprint density at radius 3 is 3.06 bits per heavy atom. The van der Waals surface area contributed by atoms with Crippen molar-refractivity contribution in [3.05, 3.63) is 23.8 Å². The highest BCUT2D eigenvalue weighted by Gasteiger charge is 2.21. The molecule has 1 atom stereocenters. The first-order valence-electron chi connectivity index (χ1n) is 5.97. The molecule has 5 heteroatoms. The predicted molar refractivity (Wildman–Crippen MR) is 75.5 cm³/mol. The van der Waals surface area contributed by atoms with Crippen molar-refractivity contribution >= 4 is 23.4 Å². The molecule has 2 rings (SSSR count). The molecule has 1 fully saturated rings. The fraction of sp³-hybridized carbons (Fsp3) is 0.462. The minimum absolute atomic E-state index is 0.00403. The first-order chi connectivity index (χ1) is 8.70. The van der Waals surface area contributed by atoms with Crippen LogP contribution in [0.25, 0.3) is 0 Å². The number of methoxy groups -OCH3 is 1. The summed E-state index contributed by atoms with van der Waals surface area (Å²) < 4.78 is 5.27. The van der Waals surface area contributed by atoms with Gasteiger partial charge < -0.3 is 15.4 Å². The van der Waals surface area contributed by atoms with Gasteiger partial charge in [-0.1, -0.05) is 6.07 Å². The number of hydrogen-bond donors (Lipinski definition) is 2. The van der Waals surface area contributed by atoms with Crippen LogP contribution in [0.4, 0.5) is 5.69 Å². The lowest BCUT2D eigenvalue weighted by Gasteiger charge is -2.22. The normalized spacial score (nSPS) is 19.3. The van der Waals surface area contributed by atoms with Gasteiger partial charge in [-0.05, 0) is 24.6 Å². The Kier molecular flexibility index (Phi) is 4.49. The van der Waals surface area contributed by atoms with Gasteiger partial charge in [-0.15, -0.1) is 0 Å². The number of ether oxygens (including phenoxy) is 1. The van der Waals surface area contributed by atoms with Gasteiger partial charge >= 0.3 is 0 Å². The fourth-order valence-electron chi connectivity index (χ4n) is 1.86. The average molecular weight is 266 g/mol. The Labute approximate surface area is 111 Å². The zero-order valence-corrected chi connectivity index (χ0v) is 11.5. The fourth-order valence-corrected chi connectivity index (χ4v) is 2.79. The number of carbonyl (C=O) groups excluding carboxylic acids is 1. The molecular formula is C13H18N2O2S. The monoisotopic (exact) mass is 266 g/mol. The molecule has 98 valence electrons. The van der Waals surface area contributed by atoms with Crippen LogP contribution in [0.5, 0.6) is 5.75 Å². The quantitative estimate of drug-likeness (QED) is 0.873. The van der Waals surface area contributed by atoms with Gasteiger partial charge in [0.1, 0.15) is 5.75 Å². The standard InChI is InChI=1S/C13H18N2O2S/c1-9-3-4-10(12(7-9)17-2)15-13(16)11-8-18-6-5-14-11/h3-4,7,11,14H,5-6,8H2,1-2H3,(H,15,16). The molecule has 4 nitrogen and oxygen atoms in total. The number of nitrogens with one attached hydrogen (secondary N) is 2. The second-order valence-corrected chi connectivity index (χ2v) is 5.42. The number of rotatable bonds is 3. The lowest BCUT2D eigenvalue weighted by atomic mass is 10.2. The Morgan fingerprint density at radius 1 is 1.56 bits per heavy atom. The maximum atomic E-state index is 12.1. The van der Waals surface area contributed by atoms with Crippen LogP contribution < -0.4 is 15.4 Å². The summed E-state index contributed by atoms with van der Waals surface area (Å²) in [6, 6.07) is 5.64. The maximum absolute atomic E-state index is 12.1. The summed E-state index contributed by atoms with van der Waals surface area (Å²) >= 11 is 1.80. The van der Waals surface area contributed by atoms with Crippen LogP contribution in [0.15, 0.2) is 18.2 Å². The smallest absolute Gasteiger partial charge is 0.242 e. The van der Waals surface area contributed by atoms with Crippen LogP contribution in [0.1, 0.15) is 5.56 Å². The lowest BCUT2D eigenvalue weighted by molar-refractivity contribution is -0.117. The molecule has 0 saturated carbocycles. The molecule has 1 saturated heterocycles. The first-order valence-corrected chi connectivity index (χ1v) is 7.13. The summed E-state index contributed by atoms with van der Waals surface area (Å²) in [5.74, 6) is 2.59. The van der Waals surface area contributed by atoms with E-state index >= 15 is 0 Å². The van der Waals surface area contributed by atoms with Crippen LogP contribution in [0.2, 0.25) is 0 Å². The summed E-state index contributed by atoms with van der Waals surface area (Å²) in [7, 11) is 1.61. The number of aryl methyl sites for hydroxylation is 1. The summed E-state index contributed by atoms with van der Waals surface area (Å²) in [5.41, 5.74) is 1.83. The zero-order valence-electron chi connectivity index (χ0n) is 10.7. The molecule has 0 spiro atoms. The molecule has 18 heavy (non-hydrogen) atoms. The van der Waals surface area contributed by atoms with E-state index in [9.17, 15) is 4.79 Å². The van der Waals surface area contributed by atoms with E-state index in [0.29, 0.717) is 5.75 Å². The van der Waals surface area contributed by atoms with E-state index in [0.717, 1.165) is 29.3 Å². The van der Waals surface area contributed by atoms with Gasteiger partial charge in [0.2, 0.25) is 5.91 Å². The summed E-state index contributed by atoms with van der Waals surface area (Å²) in [4.78, 5) is 12.1. The molecule has 1 heterocycles. The largest absolute Gasteiger partial charge is 0.495 e. The van der Waals surface area contributed by atoms with Gasteiger partial charge in [-0.25, -0.2) is 0 Å². The number of carbonyl (C=O) groups is 1. The van der Waals surface area contributed by atoms with Gasteiger partial charge in [0.15, 0.2) is 0 Å². The molecule has 0 bridgehead atoms. The van der Waals surface area contributed by atoms with E-state index in [1.807, 2.05) is 25.1 Å². The van der Waals surface area contributed by atoms with Crippen molar-refractivity contribution in [3.63, 3.8) is 0 Å². The third-order valence-electron chi connectivity index (χ3n) is 2.85. The maximum Gasteiger partial charge on any atom is 0.242 e. The van der Waals surface area contributed by atoms with Crippen molar-refractivity contribution in [2.45, 2.75) is 13.0 Å². The Balaban J connectivity index is 2.06. The van der Waals surface area contributed by atoms with E-state index in [4.69, 9.17) is 4.74 Å². The van der Waals surface area contributed by atoms with E-state index in [1.54, 1.807) is 18.9 Å². The van der Waals surface area contributed by atoms with Crippen molar-refractivity contribution in [1.82, 2.24) is 5.32 Å². The van der Waals surface area contributed by atoms with Crippen molar-refractivity contribution < 1.29 is 9.53 Å². The SMILES string of the molecule is COc1cc(C)ccc1NC(=O)C1CSCCN1. The van der Waals surface area contributed by atoms with Crippen molar-refractivity contribution in [1.29, 1.82) is 0 Å². The number of thioether (sulfide) groups is 1. The molecule has 1 amide bonds. The minimum Gasteiger partial charge on any atom is -0.495 e. The van der Waals surface area contributed by atoms with Crippen molar-refractivity contribution in [2.75, 3.05) is 30.5 Å². The third-order valence-corrected chi connectivity index (χ3v) is 3.91. The van der Waals surface area contributed by atoms with Crippen LogP contribution >= 0.6 is 11.8 Å². The number of amides is 1. The molecular weight excluding hydrogens is 248 g/mol. The highest BCUT2D eigenvalue weighted by atomic mass is 32.2. The molecule has 1 aliphatic heterocycles. The molecule has 2 N–H and O–H groups in total. The highest BCUT2D eigenvalue weighted by molar-refractivity contribution is 7.99. The van der Waals surface area contributed by atoms with Gasteiger partial charge in [0.25, 0.3) is 0 Å². The molecule has 0 aromatic heterocycles. The van der Waals surface area contributed by atoms with E-state index in [-0.39, 0.29) is 11.9 Å². The lowest BCUT2D eigenvalue weighted by Crippen LogP contribution is -2.46. The van der Waals surface area contributed by atoms with Crippen molar-refractivity contribution in [2.24, 2.45) is 0 Å². The van der Waals surface area contributed by atoms with Crippen LogP contribution in [0.3, 0.4) is 0 Å². The van der Waals surface area contributed by atoms with Gasteiger partial charge in [0.05, 0.1) is 18.8 Å². The van der Waals surface area contributed by atoms with E-state index in [1.165, 1.54) is 0 Å². The summed E-state index contributed by atoms with van der Waals surface area (Å²) in [6.45, 7) is 2.88. The molecule has 1 aliphatic rings. The van der Waals surface area contributed by atoms with Crippen LogP contribution in [-0.4, -0.2) is 37.1 Å². The predicted octanol–water partition coefficient (Wildman–Crippen LogP) is 1.65. The van der Waals surface area contributed by atoms with Gasteiger partial charge in [-0.3, -0.25) is 4.79 Å². The second kappa shape index (κ2) is 6.11. The Bertz CT molecular complexity index is 431. The number of anilines is 1. The zero-order chi connectivity index (χ0) is 13.0. The van der Waals surface area contributed by atoms with Crippen LogP contribution in [0, 0.1) is 6.92 Å². The second-order valence-electron chi connectivity index (χ2n) is 4.27. The molecule has 0 radical (unpaired) electrons. The number of benzene rings is 1. The molecule has 1 aromatic rings. The summed E-state index contributed by atoms with van der Waals surface area (Å²) in [5, 5.41) is 6.13. The van der Waals surface area contributed by atoms with E-state index < -0.39 is 0 Å². The summed E-state index contributed by atoms with van der Waals surface area (Å²) in [6.07, 6.45) is 0. The Hall–Kier alpha value is -1.20. The third kappa shape index (κ3) is 3.17. The highest BCUT2D eigenvalue weighted by Crippen LogP contribution is 2.25. The van der Waals surface area contributed by atoms with E-state index in [2.05, 4.69) is 10.6 Å². The van der Waals surface area contributed by atoms with Crippen LogP contribution in [-0.2, 0) is 4.79 Å². The average Bonchev–Trinajstić information content (AvgIpc) is 2.41. The molecule has 1 aromatic carbocycles. The van der Waals surface area contributed by atoms with Gasteiger partial charge in [0, 0.05) is 18.1 Å². The minimum atomic E-state index is -0.116. The van der Waals surface area contributed by atoms with Crippen molar-refractivity contribution in [3.8, 4) is 5.75 Å². The molecule has 0 aliphatic carbocycles. The van der Waals surface area contributed by atoms with Gasteiger partial charge in [-0.2, -0.15) is 11.8 Å². The number of hydrogen-bond acceptors (Lipinski definition) is 4. The topological polar surface area (TPSA) is 50.4 Å².